The monoisotopic (exact) mass is 1060 g/mol. The van der Waals surface area contributed by atoms with Crippen molar-refractivity contribution < 1.29 is 72.0 Å². The number of anilines is 1. The van der Waals surface area contributed by atoms with Gasteiger partial charge in [-0.1, -0.05) is 43.2 Å². The van der Waals surface area contributed by atoms with Crippen LogP contribution < -0.4 is 24.7 Å². The van der Waals surface area contributed by atoms with E-state index in [0.717, 1.165) is 11.1 Å². The van der Waals surface area contributed by atoms with Crippen LogP contribution in [0.4, 0.5) is 5.82 Å². The molecule has 6 heterocycles. The van der Waals surface area contributed by atoms with E-state index in [2.05, 4.69) is 11.1 Å². The number of carbonyl (C=O) groups is 4. The summed E-state index contributed by atoms with van der Waals surface area (Å²) in [5.74, 6) is -5.46. The highest BCUT2D eigenvalue weighted by Crippen LogP contribution is 2.68. The lowest BCUT2D eigenvalue weighted by Crippen LogP contribution is -2.75. The molecule has 0 radical (unpaired) electrons. The second kappa shape index (κ2) is 20.3. The first-order chi connectivity index (χ1) is 36.2. The average Bonchev–Trinajstić information content (AvgIpc) is 4.05. The number of methoxy groups -OCH3 is 1. The number of allylic oxidation sites excluding steroid dienone is 4. The topological polar surface area (TPSA) is 236 Å². The van der Waals surface area contributed by atoms with Gasteiger partial charge < -0.3 is 63.1 Å². The lowest BCUT2D eigenvalue weighted by Gasteiger charge is -2.58. The molecule has 4 fully saturated rings. The van der Waals surface area contributed by atoms with Crippen LogP contribution in [0.15, 0.2) is 77.8 Å². The number of aliphatic hydroxyl groups is 2. The highest BCUT2D eigenvalue weighted by molar-refractivity contribution is 6.11. The van der Waals surface area contributed by atoms with Gasteiger partial charge in [-0.15, -0.1) is 0 Å². The van der Waals surface area contributed by atoms with Gasteiger partial charge in [0.05, 0.1) is 48.7 Å². The van der Waals surface area contributed by atoms with E-state index in [1.165, 1.54) is 37.7 Å². The summed E-state index contributed by atoms with van der Waals surface area (Å²) in [6.45, 7) is 22.4. The van der Waals surface area contributed by atoms with Crippen molar-refractivity contribution in [1.82, 2.24) is 9.55 Å². The number of benzene rings is 2. The van der Waals surface area contributed by atoms with Crippen molar-refractivity contribution in [3.8, 4) is 23.0 Å². The zero-order valence-corrected chi connectivity index (χ0v) is 46.3. The molecule has 0 amide bonds. The summed E-state index contributed by atoms with van der Waals surface area (Å²) >= 11 is 0. The van der Waals surface area contributed by atoms with Gasteiger partial charge in [0.25, 0.3) is 0 Å². The lowest BCUT2D eigenvalue weighted by atomic mass is 9.52. The molecule has 1 aliphatic carbocycles. The molecule has 77 heavy (non-hydrogen) atoms. The number of aromatic nitrogens is 2. The normalized spacial score (nSPS) is 32.5. The molecule has 1 spiro atoms. The Morgan fingerprint density at radius 2 is 1.64 bits per heavy atom. The van der Waals surface area contributed by atoms with Crippen LogP contribution in [0.2, 0.25) is 0 Å². The first-order valence-electron chi connectivity index (χ1n) is 26.4. The molecule has 2 aromatic carbocycles. The van der Waals surface area contributed by atoms with Gasteiger partial charge in [-0.3, -0.25) is 9.59 Å². The zero-order valence-electron chi connectivity index (χ0n) is 46.3. The molecule has 1 aromatic heterocycles. The summed E-state index contributed by atoms with van der Waals surface area (Å²) in [5.41, 5.74) is 3.85. The highest BCUT2D eigenvalue weighted by Gasteiger charge is 2.81. The summed E-state index contributed by atoms with van der Waals surface area (Å²) in [6, 6.07) is 4.98. The second-order valence-corrected chi connectivity index (χ2v) is 23.1. The van der Waals surface area contributed by atoms with Crippen LogP contribution in [0.3, 0.4) is 0 Å². The Morgan fingerprint density at radius 1 is 0.935 bits per heavy atom. The maximum Gasteiger partial charge on any atom is 0.343 e. The molecule has 5 unspecified atom stereocenters. The van der Waals surface area contributed by atoms with Gasteiger partial charge in [-0.05, 0) is 125 Å². The van der Waals surface area contributed by atoms with Crippen LogP contribution in [0.1, 0.15) is 140 Å². The minimum Gasteiger partial charge on any atom is -0.482 e. The third-order valence-corrected chi connectivity index (χ3v) is 16.4. The number of ketones is 2. The van der Waals surface area contributed by atoms with Crippen LogP contribution in [-0.2, 0) is 39.7 Å². The summed E-state index contributed by atoms with van der Waals surface area (Å²) < 4.78 is 59.0. The molecule has 414 valence electrons. The SMILES string of the molecule is COC(=O)/C(C)=C\CC12OC(C)(C)[C@@H](C)C13Oc1c(CC=C(C)C)c4c(c(OC(=O)c5ccc(O[C@@H]6O[C@@H]7COC(C)(C)O[C@H]7[C@H](O)[C@H]6O)cc5)c1C(=O)C3C(n1cnc(N)c1)[C@H](C)C2=O)C=CC(C)(CCC=C(C)C)O4. The van der Waals surface area contributed by atoms with Crippen LogP contribution >= 0.6 is 0 Å². The molecule has 6 aliphatic rings. The maximum atomic E-state index is 16.7. The number of fused-ring (bicyclic) bond motifs is 3. The number of nitrogens with zero attached hydrogens (tertiary/aromatic N) is 2. The smallest absolute Gasteiger partial charge is 0.343 e. The van der Waals surface area contributed by atoms with E-state index in [1.807, 2.05) is 73.6 Å². The van der Waals surface area contributed by atoms with Crippen LogP contribution in [-0.4, -0.2) is 116 Å². The van der Waals surface area contributed by atoms with Gasteiger partial charge in [0.15, 0.2) is 34.3 Å². The minimum atomic E-state index is -1.87. The maximum absolute atomic E-state index is 16.7. The van der Waals surface area contributed by atoms with Crippen LogP contribution in [0, 0.1) is 17.8 Å². The average molecular weight is 1060 g/mol. The van der Waals surface area contributed by atoms with Crippen molar-refractivity contribution in [2.45, 2.75) is 174 Å². The fourth-order valence-corrected chi connectivity index (χ4v) is 12.2. The van der Waals surface area contributed by atoms with E-state index >= 15 is 9.59 Å². The third kappa shape index (κ3) is 9.62. The molecule has 1 saturated carbocycles. The molecule has 12 atom stereocenters. The van der Waals surface area contributed by atoms with E-state index in [9.17, 15) is 19.8 Å². The number of Topliss-reactive ketones (excluding diaryl/α,β-unsaturated/α-hetero) is 2. The molecule has 3 aromatic rings. The van der Waals surface area contributed by atoms with Gasteiger partial charge >= 0.3 is 11.9 Å². The highest BCUT2D eigenvalue weighted by atomic mass is 16.8. The Bertz CT molecular complexity index is 2980. The zero-order chi connectivity index (χ0) is 55.9. The predicted molar refractivity (Wildman–Crippen MR) is 282 cm³/mol. The van der Waals surface area contributed by atoms with Crippen molar-refractivity contribution in [2.75, 3.05) is 19.5 Å². The molecule has 9 rings (SSSR count). The van der Waals surface area contributed by atoms with E-state index in [4.69, 9.17) is 48.4 Å². The summed E-state index contributed by atoms with van der Waals surface area (Å²) in [5, 5.41) is 22.1. The van der Waals surface area contributed by atoms with E-state index < -0.39 is 100 Å². The standard InChI is InChI=1S/C59H73N3O15/c1-30(2)15-14-24-57(12)25-23-38-47(75-57)37(21-16-31(3)4)49-41(48(38)73-53(68)35-17-19-36(20-18-35)71-54-46(65)45(64)50-39(72-54)28-70-56(10,11)74-50)44(63)42-43(62-27-40(60)61-29-62)33(6)51(66)58(26-22-32(5)52(67)69-13)59(42,76-49)34(7)55(8,9)77-58/h15-20,22-23,25,27,29,33-34,39,42-43,45-46,50,54,64-65H,14,21,24,26,28,60H2,1-13H3/b32-22-/t33-,34+,39+,42?,43?,45+,46+,50+,54+,57?,58?,59?/m0/s1. The Kier molecular flexibility index (Phi) is 14.6. The fraction of sp³-hybridized carbons (Fsp3) is 0.542. The van der Waals surface area contributed by atoms with E-state index in [0.29, 0.717) is 29.7 Å². The number of hydrogen-bond donors (Lipinski definition) is 3. The number of aliphatic hydroxyl groups excluding tert-OH is 2. The van der Waals surface area contributed by atoms with Gasteiger partial charge in [0, 0.05) is 35.6 Å². The first-order valence-corrected chi connectivity index (χ1v) is 26.4. The quantitative estimate of drug-likeness (QED) is 0.0633. The summed E-state index contributed by atoms with van der Waals surface area (Å²) in [7, 11) is 1.28. The fourth-order valence-electron chi connectivity index (χ4n) is 12.2. The van der Waals surface area contributed by atoms with Crippen LogP contribution in [0.25, 0.3) is 6.08 Å². The Hall–Kier alpha value is -6.15. The number of imidazole rings is 1. The number of nitrogens with two attached hydrogens (primary N) is 1. The number of hydrogen-bond acceptors (Lipinski definition) is 17. The Balaban J connectivity index is 1.21. The van der Waals surface area contributed by atoms with Gasteiger partial charge in [-0.2, -0.15) is 0 Å². The molecule has 3 saturated heterocycles. The van der Waals surface area contributed by atoms with Crippen molar-refractivity contribution in [3.63, 3.8) is 0 Å². The molecule has 5 aliphatic heterocycles. The van der Waals surface area contributed by atoms with Gasteiger partial charge in [0.1, 0.15) is 58.6 Å². The van der Waals surface area contributed by atoms with E-state index in [-0.39, 0.29) is 65.0 Å². The van der Waals surface area contributed by atoms with Gasteiger partial charge in [-0.25, -0.2) is 14.6 Å². The first kappa shape index (κ1) is 55.6. The van der Waals surface area contributed by atoms with Crippen molar-refractivity contribution in [2.24, 2.45) is 17.8 Å². The molecular formula is C59H73N3O15. The summed E-state index contributed by atoms with van der Waals surface area (Å²) in [6.07, 6.45) is 8.15. The van der Waals surface area contributed by atoms with Crippen molar-refractivity contribution in [1.29, 1.82) is 0 Å². The predicted octanol–water partition coefficient (Wildman–Crippen LogP) is 8.16. The molecule has 4 N–H and O–H groups in total. The van der Waals surface area contributed by atoms with Crippen molar-refractivity contribution >= 4 is 35.4 Å². The summed E-state index contributed by atoms with van der Waals surface area (Å²) in [4.78, 5) is 64.6. The lowest BCUT2D eigenvalue weighted by molar-refractivity contribution is -0.373. The number of carbonyl (C=O) groups excluding carboxylic acids is 4. The van der Waals surface area contributed by atoms with Crippen molar-refractivity contribution in [3.05, 3.63) is 100 Å². The Labute approximate surface area is 449 Å². The largest absolute Gasteiger partial charge is 0.482 e. The molecule has 18 nitrogen and oxygen atoms in total. The number of ether oxygens (including phenoxy) is 9. The molecular weight excluding hydrogens is 991 g/mol. The number of nitrogen functional groups attached to an aromatic ring is 1. The second-order valence-electron chi connectivity index (χ2n) is 23.1. The molecule has 0 bridgehead atoms. The van der Waals surface area contributed by atoms with Gasteiger partial charge in [0.2, 0.25) is 6.29 Å². The number of rotatable bonds is 13. The third-order valence-electron chi connectivity index (χ3n) is 16.4. The van der Waals surface area contributed by atoms with E-state index in [1.54, 1.807) is 44.5 Å². The Morgan fingerprint density at radius 3 is 2.29 bits per heavy atom. The minimum absolute atomic E-state index is 0.0303. The molecule has 18 heteroatoms. The number of esters is 2. The van der Waals surface area contributed by atoms with Crippen LogP contribution in [0.5, 0.6) is 23.0 Å².